The van der Waals surface area contributed by atoms with Crippen LogP contribution >= 0.6 is 0 Å². The van der Waals surface area contributed by atoms with Crippen molar-refractivity contribution in [2.24, 2.45) is 5.41 Å². The SMILES string of the molecule is CC(C)N1CC2(CC=CC2)CC1C. The fraction of sp³-hybridized carbons (Fsp3) is 0.833. The van der Waals surface area contributed by atoms with Crippen LogP contribution in [0, 0.1) is 5.41 Å². The van der Waals surface area contributed by atoms with Crippen LogP contribution in [0.3, 0.4) is 0 Å². The third kappa shape index (κ3) is 1.54. The standard InChI is InChI=1S/C12H21N/c1-10(2)13-9-12(8-11(13)3)6-4-5-7-12/h4-5,10-11H,6-9H2,1-3H3. The van der Waals surface area contributed by atoms with Crippen molar-refractivity contribution < 1.29 is 0 Å². The maximum absolute atomic E-state index is 2.66. The van der Waals surface area contributed by atoms with Gasteiger partial charge in [-0.2, -0.15) is 0 Å². The van der Waals surface area contributed by atoms with Gasteiger partial charge in [-0.1, -0.05) is 12.2 Å². The molecule has 13 heavy (non-hydrogen) atoms. The van der Waals surface area contributed by atoms with Gasteiger partial charge >= 0.3 is 0 Å². The molecule has 0 bridgehead atoms. The molecule has 0 aromatic rings. The van der Waals surface area contributed by atoms with Crippen LogP contribution in [0.1, 0.15) is 40.0 Å². The van der Waals surface area contributed by atoms with Crippen molar-refractivity contribution in [3.8, 4) is 0 Å². The predicted molar refractivity (Wildman–Crippen MR) is 56.7 cm³/mol. The summed E-state index contributed by atoms with van der Waals surface area (Å²) >= 11 is 0. The Labute approximate surface area is 81.8 Å². The average molecular weight is 179 g/mol. The highest BCUT2D eigenvalue weighted by molar-refractivity contribution is 5.08. The van der Waals surface area contributed by atoms with Gasteiger partial charge in [0.15, 0.2) is 0 Å². The summed E-state index contributed by atoms with van der Waals surface area (Å²) in [5, 5.41) is 0. The molecular formula is C12H21N. The van der Waals surface area contributed by atoms with Gasteiger partial charge in [-0.15, -0.1) is 0 Å². The van der Waals surface area contributed by atoms with Crippen molar-refractivity contribution >= 4 is 0 Å². The Morgan fingerprint density at radius 3 is 2.38 bits per heavy atom. The van der Waals surface area contributed by atoms with Gasteiger partial charge in [-0.3, -0.25) is 4.90 Å². The fourth-order valence-corrected chi connectivity index (χ4v) is 3.09. The summed E-state index contributed by atoms with van der Waals surface area (Å²) in [7, 11) is 0. The first kappa shape index (κ1) is 9.26. The minimum atomic E-state index is 0.629. The number of hydrogen-bond donors (Lipinski definition) is 0. The summed E-state index contributed by atoms with van der Waals surface area (Å²) in [4.78, 5) is 2.66. The molecule has 1 atom stereocenters. The number of likely N-dealkylation sites (tertiary alicyclic amines) is 1. The molecular weight excluding hydrogens is 158 g/mol. The molecule has 2 rings (SSSR count). The second-order valence-corrected chi connectivity index (χ2v) is 5.20. The maximum Gasteiger partial charge on any atom is 0.00758 e. The van der Waals surface area contributed by atoms with Crippen LogP contribution in [0.5, 0.6) is 0 Å². The molecule has 74 valence electrons. The Kier molecular flexibility index (Phi) is 2.23. The molecule has 1 spiro atoms. The first-order valence-corrected chi connectivity index (χ1v) is 5.54. The molecule has 0 radical (unpaired) electrons. The van der Waals surface area contributed by atoms with Gasteiger partial charge < -0.3 is 0 Å². The molecule has 1 unspecified atom stereocenters. The molecule has 1 aliphatic carbocycles. The fourth-order valence-electron chi connectivity index (χ4n) is 3.09. The molecule has 1 heteroatoms. The Hall–Kier alpha value is -0.300. The molecule has 1 aliphatic heterocycles. The van der Waals surface area contributed by atoms with Crippen molar-refractivity contribution in [1.29, 1.82) is 0 Å². The quantitative estimate of drug-likeness (QED) is 0.559. The van der Waals surface area contributed by atoms with Crippen LogP contribution in [0.15, 0.2) is 12.2 Å². The van der Waals surface area contributed by atoms with E-state index in [1.807, 2.05) is 0 Å². The Balaban J connectivity index is 2.06. The number of hydrogen-bond acceptors (Lipinski definition) is 1. The van der Waals surface area contributed by atoms with Crippen molar-refractivity contribution in [1.82, 2.24) is 4.90 Å². The summed E-state index contributed by atoms with van der Waals surface area (Å²) in [5.41, 5.74) is 0.629. The average Bonchev–Trinajstić information content (AvgIpc) is 2.60. The first-order valence-electron chi connectivity index (χ1n) is 5.54. The van der Waals surface area contributed by atoms with E-state index < -0.39 is 0 Å². The lowest BCUT2D eigenvalue weighted by atomic mass is 9.83. The minimum absolute atomic E-state index is 0.629. The second kappa shape index (κ2) is 3.13. The number of allylic oxidation sites excluding steroid dienone is 2. The molecule has 1 saturated heterocycles. The van der Waals surface area contributed by atoms with Gasteiger partial charge in [0.25, 0.3) is 0 Å². The van der Waals surface area contributed by atoms with Crippen LogP contribution in [-0.2, 0) is 0 Å². The summed E-state index contributed by atoms with van der Waals surface area (Å²) in [5.74, 6) is 0. The van der Waals surface area contributed by atoms with Gasteiger partial charge in [-0.05, 0) is 45.4 Å². The van der Waals surface area contributed by atoms with Gasteiger partial charge in [0.2, 0.25) is 0 Å². The van der Waals surface area contributed by atoms with Crippen molar-refractivity contribution in [2.45, 2.75) is 52.1 Å². The highest BCUT2D eigenvalue weighted by Crippen LogP contribution is 2.45. The molecule has 1 nitrogen and oxygen atoms in total. The van der Waals surface area contributed by atoms with E-state index >= 15 is 0 Å². The van der Waals surface area contributed by atoms with E-state index in [-0.39, 0.29) is 0 Å². The Morgan fingerprint density at radius 1 is 1.31 bits per heavy atom. The summed E-state index contributed by atoms with van der Waals surface area (Å²) in [6, 6.07) is 1.51. The van der Waals surface area contributed by atoms with Gasteiger partial charge in [0, 0.05) is 18.6 Å². The van der Waals surface area contributed by atoms with Crippen LogP contribution in [0.2, 0.25) is 0 Å². The molecule has 0 N–H and O–H groups in total. The van der Waals surface area contributed by atoms with Crippen molar-refractivity contribution in [3.63, 3.8) is 0 Å². The van der Waals surface area contributed by atoms with Crippen LogP contribution in [-0.4, -0.2) is 23.5 Å². The largest absolute Gasteiger partial charge is 0.298 e. The molecule has 0 aromatic carbocycles. The number of rotatable bonds is 1. The third-order valence-electron chi connectivity index (χ3n) is 3.74. The Morgan fingerprint density at radius 2 is 1.92 bits per heavy atom. The van der Waals surface area contributed by atoms with E-state index in [4.69, 9.17) is 0 Å². The van der Waals surface area contributed by atoms with E-state index in [2.05, 4.69) is 37.8 Å². The Bertz CT molecular complexity index is 209. The summed E-state index contributed by atoms with van der Waals surface area (Å²) in [6.45, 7) is 8.34. The predicted octanol–water partition coefficient (Wildman–Crippen LogP) is 2.83. The monoisotopic (exact) mass is 179 g/mol. The second-order valence-electron chi connectivity index (χ2n) is 5.20. The molecule has 0 amide bonds. The van der Waals surface area contributed by atoms with Gasteiger partial charge in [-0.25, -0.2) is 0 Å². The van der Waals surface area contributed by atoms with Crippen molar-refractivity contribution in [3.05, 3.63) is 12.2 Å². The number of nitrogens with zero attached hydrogens (tertiary/aromatic N) is 1. The summed E-state index contributed by atoms with van der Waals surface area (Å²) < 4.78 is 0. The summed E-state index contributed by atoms with van der Waals surface area (Å²) in [6.07, 6.45) is 8.78. The molecule has 1 heterocycles. The highest BCUT2D eigenvalue weighted by Gasteiger charge is 2.42. The first-order chi connectivity index (χ1) is 6.13. The maximum atomic E-state index is 2.66. The lowest BCUT2D eigenvalue weighted by Gasteiger charge is -2.27. The highest BCUT2D eigenvalue weighted by atomic mass is 15.2. The zero-order valence-corrected chi connectivity index (χ0v) is 9.09. The smallest absolute Gasteiger partial charge is 0.00758 e. The van der Waals surface area contributed by atoms with Crippen LogP contribution in [0.25, 0.3) is 0 Å². The van der Waals surface area contributed by atoms with Crippen molar-refractivity contribution in [2.75, 3.05) is 6.54 Å². The lowest BCUT2D eigenvalue weighted by Crippen LogP contribution is -2.34. The van der Waals surface area contributed by atoms with E-state index in [0.29, 0.717) is 5.41 Å². The normalized spacial score (nSPS) is 32.5. The van der Waals surface area contributed by atoms with Crippen LogP contribution < -0.4 is 0 Å². The van der Waals surface area contributed by atoms with E-state index in [0.717, 1.165) is 12.1 Å². The zero-order chi connectivity index (χ0) is 9.47. The molecule has 0 aromatic heterocycles. The van der Waals surface area contributed by atoms with Gasteiger partial charge in [0.05, 0.1) is 0 Å². The van der Waals surface area contributed by atoms with Gasteiger partial charge in [0.1, 0.15) is 0 Å². The van der Waals surface area contributed by atoms with E-state index in [9.17, 15) is 0 Å². The molecule has 2 aliphatic rings. The minimum Gasteiger partial charge on any atom is -0.298 e. The topological polar surface area (TPSA) is 3.24 Å². The third-order valence-corrected chi connectivity index (χ3v) is 3.74. The zero-order valence-electron chi connectivity index (χ0n) is 9.09. The molecule has 0 saturated carbocycles. The van der Waals surface area contributed by atoms with E-state index in [1.54, 1.807) is 0 Å². The van der Waals surface area contributed by atoms with Crippen LogP contribution in [0.4, 0.5) is 0 Å². The lowest BCUT2D eigenvalue weighted by molar-refractivity contribution is 0.197. The molecule has 1 fully saturated rings. The van der Waals surface area contributed by atoms with E-state index in [1.165, 1.54) is 25.8 Å².